The minimum atomic E-state index is -0.839. The summed E-state index contributed by atoms with van der Waals surface area (Å²) in [7, 11) is 0. The van der Waals surface area contributed by atoms with Crippen LogP contribution >= 0.6 is 0 Å². The molecular formula is C15H8F2N2. The number of nitrogens with zero attached hydrogens (tertiary/aromatic N) is 2. The Hall–Kier alpha value is -2.49. The lowest BCUT2D eigenvalue weighted by Crippen LogP contribution is -1.94. The molecule has 0 unspecified atom stereocenters. The van der Waals surface area contributed by atoms with Crippen molar-refractivity contribution in [3.63, 3.8) is 0 Å². The van der Waals surface area contributed by atoms with Crippen molar-refractivity contribution in [2.75, 3.05) is 0 Å². The number of benzene rings is 2. The average molecular weight is 254 g/mol. The van der Waals surface area contributed by atoms with E-state index in [0.717, 1.165) is 11.6 Å². The van der Waals surface area contributed by atoms with Gasteiger partial charge in [0.2, 0.25) is 0 Å². The molecule has 0 saturated carbocycles. The molecule has 2 nitrogen and oxygen atoms in total. The maximum Gasteiger partial charge on any atom is 0.167 e. The van der Waals surface area contributed by atoms with Crippen molar-refractivity contribution in [3.05, 3.63) is 60.4 Å². The molecule has 4 aromatic rings. The van der Waals surface area contributed by atoms with Crippen molar-refractivity contribution >= 4 is 27.3 Å². The highest BCUT2D eigenvalue weighted by atomic mass is 19.2. The minimum absolute atomic E-state index is 0.286. The zero-order valence-electron chi connectivity index (χ0n) is 9.77. The molecule has 0 spiro atoms. The predicted molar refractivity (Wildman–Crippen MR) is 70.1 cm³/mol. The summed E-state index contributed by atoms with van der Waals surface area (Å²) in [5.74, 6) is -1.66. The SMILES string of the molecule is Fc1ccc2c(c1F)c1ccccc1n1ccnc21. The molecule has 0 bridgehead atoms. The highest BCUT2D eigenvalue weighted by molar-refractivity contribution is 6.11. The molecule has 4 rings (SSSR count). The molecule has 0 atom stereocenters. The maximum atomic E-state index is 14.2. The van der Waals surface area contributed by atoms with Crippen molar-refractivity contribution in [2.45, 2.75) is 0 Å². The molecule has 0 aliphatic rings. The van der Waals surface area contributed by atoms with Gasteiger partial charge in [0.05, 0.1) is 5.52 Å². The van der Waals surface area contributed by atoms with Gasteiger partial charge >= 0.3 is 0 Å². The van der Waals surface area contributed by atoms with Crippen LogP contribution in [0.5, 0.6) is 0 Å². The second-order valence-electron chi connectivity index (χ2n) is 4.42. The van der Waals surface area contributed by atoms with Gasteiger partial charge in [-0.1, -0.05) is 18.2 Å². The van der Waals surface area contributed by atoms with Gasteiger partial charge in [0, 0.05) is 28.6 Å². The van der Waals surface area contributed by atoms with Crippen molar-refractivity contribution in [3.8, 4) is 0 Å². The lowest BCUT2D eigenvalue weighted by Gasteiger charge is -2.09. The molecule has 0 N–H and O–H groups in total. The van der Waals surface area contributed by atoms with Crippen LogP contribution in [0, 0.1) is 11.6 Å². The number of imidazole rings is 1. The van der Waals surface area contributed by atoms with Gasteiger partial charge in [-0.15, -0.1) is 0 Å². The number of hydrogen-bond acceptors (Lipinski definition) is 1. The van der Waals surface area contributed by atoms with Crippen LogP contribution in [0.2, 0.25) is 0 Å². The van der Waals surface area contributed by atoms with Crippen LogP contribution < -0.4 is 0 Å². The molecule has 0 fully saturated rings. The highest BCUT2D eigenvalue weighted by Gasteiger charge is 2.14. The molecule has 0 saturated heterocycles. The summed E-state index contributed by atoms with van der Waals surface area (Å²) in [4.78, 5) is 4.24. The van der Waals surface area contributed by atoms with E-state index in [2.05, 4.69) is 4.98 Å². The first-order valence-corrected chi connectivity index (χ1v) is 5.89. The number of halogens is 2. The van der Waals surface area contributed by atoms with Crippen LogP contribution in [0.3, 0.4) is 0 Å². The summed E-state index contributed by atoms with van der Waals surface area (Å²) in [5, 5.41) is 1.58. The Labute approximate surface area is 106 Å². The van der Waals surface area contributed by atoms with E-state index in [1.807, 2.05) is 28.8 Å². The molecule has 2 aromatic carbocycles. The molecule has 0 aliphatic carbocycles. The van der Waals surface area contributed by atoms with Crippen molar-refractivity contribution in [1.82, 2.24) is 9.38 Å². The van der Waals surface area contributed by atoms with Crippen LogP contribution in [0.1, 0.15) is 0 Å². The van der Waals surface area contributed by atoms with Crippen molar-refractivity contribution in [2.24, 2.45) is 0 Å². The largest absolute Gasteiger partial charge is 0.299 e. The normalized spacial score (nSPS) is 11.7. The van der Waals surface area contributed by atoms with Crippen molar-refractivity contribution < 1.29 is 8.78 Å². The standard InChI is InChI=1S/C15H8F2N2/c16-11-6-5-10-13(14(11)17)9-3-1-2-4-12(9)19-8-7-18-15(10)19/h1-8H. The Bertz CT molecular complexity index is 941. The highest BCUT2D eigenvalue weighted by Crippen LogP contribution is 2.31. The van der Waals surface area contributed by atoms with Crippen LogP contribution in [-0.2, 0) is 0 Å². The van der Waals surface area contributed by atoms with E-state index in [1.165, 1.54) is 0 Å². The average Bonchev–Trinajstić information content (AvgIpc) is 2.92. The fraction of sp³-hybridized carbons (Fsp3) is 0. The Balaban J connectivity index is 2.47. The third kappa shape index (κ3) is 1.25. The predicted octanol–water partition coefficient (Wildman–Crippen LogP) is 3.92. The van der Waals surface area contributed by atoms with Gasteiger partial charge in [-0.05, 0) is 18.2 Å². The van der Waals surface area contributed by atoms with Gasteiger partial charge in [0.25, 0.3) is 0 Å². The number of fused-ring (bicyclic) bond motifs is 6. The number of aromatic nitrogens is 2. The summed E-state index contributed by atoms with van der Waals surface area (Å²) in [6.45, 7) is 0. The molecule has 0 radical (unpaired) electrons. The lowest BCUT2D eigenvalue weighted by molar-refractivity contribution is 0.517. The lowest BCUT2D eigenvalue weighted by atomic mass is 10.1. The van der Waals surface area contributed by atoms with E-state index in [1.54, 1.807) is 18.3 Å². The number of pyridine rings is 1. The topological polar surface area (TPSA) is 17.3 Å². The summed E-state index contributed by atoms with van der Waals surface area (Å²) < 4.78 is 29.5. The second kappa shape index (κ2) is 3.51. The Morgan fingerprint density at radius 3 is 2.68 bits per heavy atom. The van der Waals surface area contributed by atoms with E-state index < -0.39 is 11.6 Å². The molecule has 19 heavy (non-hydrogen) atoms. The smallest absolute Gasteiger partial charge is 0.167 e. The third-order valence-corrected chi connectivity index (χ3v) is 3.41. The van der Waals surface area contributed by atoms with Crippen LogP contribution in [0.15, 0.2) is 48.8 Å². The first-order chi connectivity index (χ1) is 9.27. The molecule has 2 heterocycles. The second-order valence-corrected chi connectivity index (χ2v) is 4.42. The fourth-order valence-corrected chi connectivity index (χ4v) is 2.59. The molecule has 0 amide bonds. The Morgan fingerprint density at radius 2 is 1.79 bits per heavy atom. The third-order valence-electron chi connectivity index (χ3n) is 3.41. The van der Waals surface area contributed by atoms with E-state index >= 15 is 0 Å². The van der Waals surface area contributed by atoms with E-state index in [0.29, 0.717) is 16.4 Å². The van der Waals surface area contributed by atoms with Gasteiger partial charge in [-0.25, -0.2) is 13.8 Å². The van der Waals surface area contributed by atoms with Gasteiger partial charge in [-0.2, -0.15) is 0 Å². The zero-order chi connectivity index (χ0) is 13.0. The van der Waals surface area contributed by atoms with Crippen LogP contribution in [0.4, 0.5) is 8.78 Å². The van der Waals surface area contributed by atoms with Gasteiger partial charge in [0.1, 0.15) is 5.65 Å². The first-order valence-electron chi connectivity index (χ1n) is 5.89. The van der Waals surface area contributed by atoms with Gasteiger partial charge < -0.3 is 0 Å². The van der Waals surface area contributed by atoms with Crippen molar-refractivity contribution in [1.29, 1.82) is 0 Å². The van der Waals surface area contributed by atoms with Crippen LogP contribution in [0.25, 0.3) is 27.3 Å². The fourth-order valence-electron chi connectivity index (χ4n) is 2.59. The summed E-state index contributed by atoms with van der Waals surface area (Å²) >= 11 is 0. The molecule has 92 valence electrons. The molecule has 0 aliphatic heterocycles. The first kappa shape index (κ1) is 10.4. The Morgan fingerprint density at radius 1 is 0.947 bits per heavy atom. The summed E-state index contributed by atoms with van der Waals surface area (Å²) in [6.07, 6.45) is 3.47. The Kier molecular flexibility index (Phi) is 1.93. The maximum absolute atomic E-state index is 14.2. The van der Waals surface area contributed by atoms with Gasteiger partial charge in [0.15, 0.2) is 11.6 Å². The number of hydrogen-bond donors (Lipinski definition) is 0. The number of rotatable bonds is 0. The molecule has 4 heteroatoms. The monoisotopic (exact) mass is 254 g/mol. The molecular weight excluding hydrogens is 246 g/mol. The summed E-state index contributed by atoms with van der Waals surface area (Å²) in [5.41, 5.74) is 1.44. The van der Waals surface area contributed by atoms with Gasteiger partial charge in [-0.3, -0.25) is 4.40 Å². The van der Waals surface area contributed by atoms with E-state index in [9.17, 15) is 8.78 Å². The zero-order valence-corrected chi connectivity index (χ0v) is 9.77. The van der Waals surface area contributed by atoms with Crippen LogP contribution in [-0.4, -0.2) is 9.38 Å². The summed E-state index contributed by atoms with van der Waals surface area (Å²) in [6, 6.07) is 10.1. The minimum Gasteiger partial charge on any atom is -0.299 e. The van der Waals surface area contributed by atoms with E-state index in [4.69, 9.17) is 0 Å². The quantitative estimate of drug-likeness (QED) is 0.435. The number of para-hydroxylation sites is 1. The van der Waals surface area contributed by atoms with E-state index in [-0.39, 0.29) is 5.39 Å². The molecule has 2 aromatic heterocycles.